The summed E-state index contributed by atoms with van der Waals surface area (Å²) in [5.74, 6) is 1.40. The Hall–Kier alpha value is 0.295. The third kappa shape index (κ3) is 10.3. The molecule has 5 heteroatoms. The third-order valence-corrected chi connectivity index (χ3v) is 2.32. The van der Waals surface area contributed by atoms with Crippen LogP contribution >= 0.6 is 11.8 Å². The van der Waals surface area contributed by atoms with Crippen LogP contribution in [0, 0.1) is 0 Å². The molecule has 0 amide bonds. The van der Waals surface area contributed by atoms with Crippen LogP contribution in [0.1, 0.15) is 32.6 Å². The first-order valence-electron chi connectivity index (χ1n) is 4.33. The minimum Gasteiger partial charge on any atom is -0.402 e. The normalized spacial score (nSPS) is 10.2. The van der Waals surface area contributed by atoms with Crippen molar-refractivity contribution in [3.63, 3.8) is 0 Å². The van der Waals surface area contributed by atoms with E-state index in [9.17, 15) is 0 Å². The Kier molecular flexibility index (Phi) is 9.61. The first-order chi connectivity index (χ1) is 5.77. The molecule has 0 aromatic heterocycles. The summed E-state index contributed by atoms with van der Waals surface area (Å²) in [6.45, 7) is 2.18. The highest BCUT2D eigenvalue weighted by atomic mass is 32.2. The molecular formula is C7H17BO3S. The van der Waals surface area contributed by atoms with Crippen LogP contribution < -0.4 is 0 Å². The maximum absolute atomic E-state index is 8.31. The highest BCUT2D eigenvalue weighted by Crippen LogP contribution is 2.07. The number of hydrogen-bond donors (Lipinski definition) is 2. The fraction of sp³-hybridized carbons (Fsp3) is 1.00. The van der Waals surface area contributed by atoms with Gasteiger partial charge in [-0.15, -0.1) is 11.8 Å². The number of unbranched alkanes of at least 4 members (excludes halogenated alkanes) is 3. The molecule has 0 unspecified atom stereocenters. The summed E-state index contributed by atoms with van der Waals surface area (Å²) in [7, 11) is -1.62. The highest BCUT2D eigenvalue weighted by Gasteiger charge is 2.06. The SMILES string of the molecule is CCCCCCSCOB(O)O. The molecule has 0 spiro atoms. The average Bonchev–Trinajstić information content (AvgIpc) is 2.02. The molecule has 2 N–H and O–H groups in total. The lowest BCUT2D eigenvalue weighted by Crippen LogP contribution is -2.16. The second-order valence-electron chi connectivity index (χ2n) is 2.58. The van der Waals surface area contributed by atoms with Crippen LogP contribution in [0.25, 0.3) is 0 Å². The van der Waals surface area contributed by atoms with Crippen LogP contribution in [0.3, 0.4) is 0 Å². The van der Waals surface area contributed by atoms with Crippen molar-refractivity contribution in [1.29, 1.82) is 0 Å². The van der Waals surface area contributed by atoms with Gasteiger partial charge in [-0.05, 0) is 12.2 Å². The number of hydrogen-bond acceptors (Lipinski definition) is 4. The molecule has 0 saturated heterocycles. The fourth-order valence-electron chi connectivity index (χ4n) is 0.799. The maximum Gasteiger partial charge on any atom is 0.634 e. The van der Waals surface area contributed by atoms with E-state index >= 15 is 0 Å². The predicted molar refractivity (Wildman–Crippen MR) is 52.7 cm³/mol. The number of rotatable bonds is 8. The molecule has 0 aliphatic carbocycles. The molecule has 0 heterocycles. The molecule has 12 heavy (non-hydrogen) atoms. The van der Waals surface area contributed by atoms with Crippen LogP contribution in [0.5, 0.6) is 0 Å². The van der Waals surface area contributed by atoms with Gasteiger partial charge < -0.3 is 14.7 Å². The Morgan fingerprint density at radius 1 is 1.25 bits per heavy atom. The lowest BCUT2D eigenvalue weighted by atomic mass is 10.2. The fourth-order valence-corrected chi connectivity index (χ4v) is 1.54. The van der Waals surface area contributed by atoms with Crippen LogP contribution in [0.2, 0.25) is 0 Å². The van der Waals surface area contributed by atoms with Gasteiger partial charge in [0, 0.05) is 0 Å². The Bertz CT molecular complexity index is 92.7. The molecule has 0 aromatic rings. The summed E-state index contributed by atoms with van der Waals surface area (Å²) in [5.41, 5.74) is 0. The first kappa shape index (κ1) is 12.3. The summed E-state index contributed by atoms with van der Waals surface area (Å²) in [6, 6.07) is 0. The molecule has 0 radical (unpaired) electrons. The van der Waals surface area contributed by atoms with Crippen molar-refractivity contribution in [3.05, 3.63) is 0 Å². The van der Waals surface area contributed by atoms with Gasteiger partial charge in [-0.3, -0.25) is 0 Å². The van der Waals surface area contributed by atoms with Gasteiger partial charge in [-0.1, -0.05) is 26.2 Å². The van der Waals surface area contributed by atoms with E-state index in [0.29, 0.717) is 5.94 Å². The molecule has 0 atom stereocenters. The minimum absolute atomic E-state index is 0.365. The van der Waals surface area contributed by atoms with E-state index in [0.717, 1.165) is 5.75 Å². The predicted octanol–water partition coefficient (Wildman–Crippen LogP) is 1.24. The molecule has 0 fully saturated rings. The van der Waals surface area contributed by atoms with Gasteiger partial charge >= 0.3 is 7.32 Å². The van der Waals surface area contributed by atoms with Crippen molar-refractivity contribution in [1.82, 2.24) is 0 Å². The monoisotopic (exact) mass is 192 g/mol. The van der Waals surface area contributed by atoms with Crippen LogP contribution in [-0.4, -0.2) is 29.1 Å². The quantitative estimate of drug-likeness (QED) is 0.345. The van der Waals surface area contributed by atoms with E-state index in [1.807, 2.05) is 0 Å². The highest BCUT2D eigenvalue weighted by molar-refractivity contribution is 7.99. The zero-order valence-corrected chi connectivity index (χ0v) is 8.35. The van der Waals surface area contributed by atoms with Gasteiger partial charge in [0.15, 0.2) is 0 Å². The first-order valence-corrected chi connectivity index (χ1v) is 5.48. The molecule has 0 aliphatic heterocycles. The topological polar surface area (TPSA) is 49.7 Å². The summed E-state index contributed by atoms with van der Waals surface area (Å²) in [5, 5.41) is 16.6. The van der Waals surface area contributed by atoms with Crippen LogP contribution in [-0.2, 0) is 4.65 Å². The molecule has 0 saturated carbocycles. The van der Waals surface area contributed by atoms with Gasteiger partial charge in [0.25, 0.3) is 0 Å². The Morgan fingerprint density at radius 2 is 2.00 bits per heavy atom. The minimum atomic E-state index is -1.62. The molecule has 0 aromatic carbocycles. The van der Waals surface area contributed by atoms with Gasteiger partial charge in [0.1, 0.15) is 0 Å². The lowest BCUT2D eigenvalue weighted by Gasteiger charge is -2.01. The van der Waals surface area contributed by atoms with Crippen molar-refractivity contribution < 1.29 is 14.7 Å². The molecule has 72 valence electrons. The average molecular weight is 192 g/mol. The Balaban J connectivity index is 2.82. The molecule has 3 nitrogen and oxygen atoms in total. The molecule has 0 aliphatic rings. The van der Waals surface area contributed by atoms with Gasteiger partial charge in [0.05, 0.1) is 5.94 Å². The van der Waals surface area contributed by atoms with Crippen molar-refractivity contribution in [3.8, 4) is 0 Å². The van der Waals surface area contributed by atoms with E-state index in [1.165, 1.54) is 25.7 Å². The second kappa shape index (κ2) is 9.38. The summed E-state index contributed by atoms with van der Waals surface area (Å²) < 4.78 is 4.52. The zero-order chi connectivity index (χ0) is 9.23. The van der Waals surface area contributed by atoms with E-state index in [1.54, 1.807) is 11.8 Å². The largest absolute Gasteiger partial charge is 0.634 e. The van der Waals surface area contributed by atoms with Gasteiger partial charge in [-0.25, -0.2) is 0 Å². The van der Waals surface area contributed by atoms with Crippen molar-refractivity contribution in [2.45, 2.75) is 32.6 Å². The molecular weight excluding hydrogens is 175 g/mol. The molecule has 0 rings (SSSR count). The van der Waals surface area contributed by atoms with Crippen LogP contribution in [0.15, 0.2) is 0 Å². The maximum atomic E-state index is 8.31. The van der Waals surface area contributed by atoms with E-state index in [-0.39, 0.29) is 0 Å². The van der Waals surface area contributed by atoms with Crippen molar-refractivity contribution in [2.75, 3.05) is 11.7 Å². The van der Waals surface area contributed by atoms with E-state index in [2.05, 4.69) is 11.6 Å². The van der Waals surface area contributed by atoms with E-state index < -0.39 is 7.32 Å². The standard InChI is InChI=1S/C7H17BO3S/c1-2-3-4-5-6-12-7-11-8(9)10/h9-10H,2-7H2,1H3. The Morgan fingerprint density at radius 3 is 2.58 bits per heavy atom. The smallest absolute Gasteiger partial charge is 0.402 e. The summed E-state index contributed by atoms with van der Waals surface area (Å²) >= 11 is 1.59. The van der Waals surface area contributed by atoms with E-state index in [4.69, 9.17) is 10.0 Å². The Labute approximate surface area is 78.7 Å². The van der Waals surface area contributed by atoms with Gasteiger partial charge in [-0.2, -0.15) is 0 Å². The van der Waals surface area contributed by atoms with Crippen molar-refractivity contribution >= 4 is 19.1 Å². The summed E-state index contributed by atoms with van der Waals surface area (Å²) in [4.78, 5) is 0. The van der Waals surface area contributed by atoms with Crippen LogP contribution in [0.4, 0.5) is 0 Å². The molecule has 0 bridgehead atoms. The van der Waals surface area contributed by atoms with Gasteiger partial charge in [0.2, 0.25) is 0 Å². The third-order valence-electron chi connectivity index (χ3n) is 1.44. The lowest BCUT2D eigenvalue weighted by molar-refractivity contribution is 0.220. The second-order valence-corrected chi connectivity index (χ2v) is 3.63. The summed E-state index contributed by atoms with van der Waals surface area (Å²) in [6.07, 6.45) is 4.97. The zero-order valence-electron chi connectivity index (χ0n) is 7.53. The van der Waals surface area contributed by atoms with Crippen molar-refractivity contribution in [2.24, 2.45) is 0 Å². The number of thioether (sulfide) groups is 1.